The third-order valence-corrected chi connectivity index (χ3v) is 7.38. The molecule has 1 amide bonds. The summed E-state index contributed by atoms with van der Waals surface area (Å²) in [5, 5.41) is 20.8. The third kappa shape index (κ3) is 3.75. The molecular weight excluding hydrogens is 426 g/mol. The molecule has 2 aliphatic carbocycles. The van der Waals surface area contributed by atoms with Crippen LogP contribution in [0.25, 0.3) is 22.2 Å². The zero-order chi connectivity index (χ0) is 23.4. The topological polar surface area (TPSA) is 107 Å². The van der Waals surface area contributed by atoms with Crippen molar-refractivity contribution in [1.29, 1.82) is 0 Å². The van der Waals surface area contributed by atoms with Crippen molar-refractivity contribution in [2.45, 2.75) is 45.4 Å². The van der Waals surface area contributed by atoms with E-state index in [1.165, 1.54) is 25.7 Å². The summed E-state index contributed by atoms with van der Waals surface area (Å²) in [6.07, 6.45) is 4.70. The highest BCUT2D eigenvalue weighted by atomic mass is 16.3. The predicted octanol–water partition coefficient (Wildman–Crippen LogP) is 5.43. The average molecular weight is 456 g/mol. The van der Waals surface area contributed by atoms with Gasteiger partial charge in [0.15, 0.2) is 0 Å². The number of nitrogens with one attached hydrogen (secondary N) is 3. The van der Waals surface area contributed by atoms with Crippen molar-refractivity contribution >= 4 is 22.6 Å². The van der Waals surface area contributed by atoms with Gasteiger partial charge in [-0.05, 0) is 87.1 Å². The highest BCUT2D eigenvalue weighted by molar-refractivity contribution is 5.96. The molecular formula is C27H29N5O2. The number of fused-ring (bicyclic) bond motifs is 1. The molecule has 34 heavy (non-hydrogen) atoms. The van der Waals surface area contributed by atoms with Crippen LogP contribution in [0.15, 0.2) is 42.5 Å². The van der Waals surface area contributed by atoms with Crippen LogP contribution >= 0.6 is 0 Å². The summed E-state index contributed by atoms with van der Waals surface area (Å²) in [7, 11) is 0. The standard InChI is InChI=1S/C27H29N5O2/c1-14-22(15(2)32-31-14)16-10-12-19(13-11-16)28-27(34)24(23(17-6-7-17)18-8-9-18)26-29-20-4-3-5-21(33)25(20)30-26/h3-5,10-13,17-18,23-24,33H,6-9H2,1-2H3,(H,28,34)(H,29,30)(H,31,32). The van der Waals surface area contributed by atoms with Crippen LogP contribution in [-0.4, -0.2) is 31.2 Å². The number of anilines is 1. The second kappa shape index (κ2) is 8.01. The average Bonchev–Trinajstić information content (AvgIpc) is 3.75. The van der Waals surface area contributed by atoms with Crippen molar-refractivity contribution < 1.29 is 9.90 Å². The first kappa shape index (κ1) is 21.0. The summed E-state index contributed by atoms with van der Waals surface area (Å²) in [4.78, 5) is 21.8. The number of carbonyl (C=O) groups excluding carboxylic acids is 1. The number of phenolic OH excluding ortho intramolecular Hbond substituents is 1. The SMILES string of the molecule is Cc1n[nH]c(C)c1-c1ccc(NC(=O)C(c2nc3cccc(O)c3[nH]2)C(C2CC2)C2CC2)cc1. The summed E-state index contributed by atoms with van der Waals surface area (Å²) in [6.45, 7) is 4.00. The lowest BCUT2D eigenvalue weighted by molar-refractivity contribution is -0.119. The van der Waals surface area contributed by atoms with Crippen molar-refractivity contribution in [3.8, 4) is 16.9 Å². The Morgan fingerprint density at radius 2 is 1.76 bits per heavy atom. The molecule has 2 fully saturated rings. The number of aryl methyl sites for hydroxylation is 2. The molecule has 0 spiro atoms. The number of phenols is 1. The van der Waals surface area contributed by atoms with Crippen LogP contribution in [0.2, 0.25) is 0 Å². The first-order valence-corrected chi connectivity index (χ1v) is 12.1. The Morgan fingerprint density at radius 3 is 2.35 bits per heavy atom. The van der Waals surface area contributed by atoms with E-state index in [0.29, 0.717) is 28.7 Å². The summed E-state index contributed by atoms with van der Waals surface area (Å²) in [6, 6.07) is 13.2. The van der Waals surface area contributed by atoms with Gasteiger partial charge in [0, 0.05) is 16.9 Å². The van der Waals surface area contributed by atoms with Crippen LogP contribution in [0.4, 0.5) is 5.69 Å². The van der Waals surface area contributed by atoms with Crippen LogP contribution in [-0.2, 0) is 4.79 Å². The van der Waals surface area contributed by atoms with Gasteiger partial charge in [0.05, 0.1) is 17.1 Å². The highest BCUT2D eigenvalue weighted by Crippen LogP contribution is 2.55. The van der Waals surface area contributed by atoms with Crippen molar-refractivity contribution in [2.75, 3.05) is 5.32 Å². The maximum atomic E-state index is 13.8. The number of hydrogen-bond donors (Lipinski definition) is 4. The Balaban J connectivity index is 1.31. The van der Waals surface area contributed by atoms with Crippen LogP contribution in [0.3, 0.4) is 0 Å². The molecule has 0 aliphatic heterocycles. The first-order valence-electron chi connectivity index (χ1n) is 12.1. The number of benzene rings is 2. The molecule has 2 aliphatic rings. The highest BCUT2D eigenvalue weighted by Gasteiger charge is 2.49. The van der Waals surface area contributed by atoms with Gasteiger partial charge in [-0.3, -0.25) is 9.89 Å². The molecule has 2 heterocycles. The summed E-state index contributed by atoms with van der Waals surface area (Å²) in [5.74, 6) is 1.82. The lowest BCUT2D eigenvalue weighted by Crippen LogP contribution is -2.31. The van der Waals surface area contributed by atoms with E-state index < -0.39 is 0 Å². The second-order valence-corrected chi connectivity index (χ2v) is 9.90. The third-order valence-electron chi connectivity index (χ3n) is 7.38. The molecule has 1 atom stereocenters. The fraction of sp³-hybridized carbons (Fsp3) is 0.370. The normalized spacial score (nSPS) is 16.8. The van der Waals surface area contributed by atoms with Gasteiger partial charge in [-0.15, -0.1) is 0 Å². The van der Waals surface area contributed by atoms with Crippen LogP contribution in [0.1, 0.15) is 48.8 Å². The minimum absolute atomic E-state index is 0.0363. The Hall–Kier alpha value is -3.61. The molecule has 6 rings (SSSR count). The Bertz CT molecular complexity index is 1330. The lowest BCUT2D eigenvalue weighted by atomic mass is 9.82. The van der Waals surface area contributed by atoms with Crippen LogP contribution in [0.5, 0.6) is 5.75 Å². The summed E-state index contributed by atoms with van der Waals surface area (Å²) >= 11 is 0. The smallest absolute Gasteiger partial charge is 0.235 e. The van der Waals surface area contributed by atoms with Crippen molar-refractivity contribution in [1.82, 2.24) is 20.2 Å². The van der Waals surface area contributed by atoms with Gasteiger partial charge in [0.25, 0.3) is 0 Å². The molecule has 0 saturated heterocycles. The Morgan fingerprint density at radius 1 is 1.06 bits per heavy atom. The Kier molecular flexibility index (Phi) is 4.94. The molecule has 0 bridgehead atoms. The molecule has 7 heteroatoms. The van der Waals surface area contributed by atoms with Gasteiger partial charge >= 0.3 is 0 Å². The van der Waals surface area contributed by atoms with E-state index in [9.17, 15) is 9.90 Å². The summed E-state index contributed by atoms with van der Waals surface area (Å²) < 4.78 is 0. The number of para-hydroxylation sites is 1. The van der Waals surface area contributed by atoms with E-state index in [1.807, 2.05) is 44.2 Å². The maximum absolute atomic E-state index is 13.8. The van der Waals surface area contributed by atoms with Gasteiger partial charge in [-0.25, -0.2) is 4.98 Å². The number of H-pyrrole nitrogens is 2. The number of amides is 1. The Labute approximate surface area is 198 Å². The fourth-order valence-corrected chi connectivity index (χ4v) is 5.47. The number of carbonyl (C=O) groups is 1. The number of hydrogen-bond acceptors (Lipinski definition) is 4. The number of aromatic hydroxyl groups is 1. The summed E-state index contributed by atoms with van der Waals surface area (Å²) in [5.41, 5.74) is 6.20. The molecule has 7 nitrogen and oxygen atoms in total. The van der Waals surface area contributed by atoms with Crippen molar-refractivity contribution in [3.05, 3.63) is 59.7 Å². The maximum Gasteiger partial charge on any atom is 0.235 e. The second-order valence-electron chi connectivity index (χ2n) is 9.90. The monoisotopic (exact) mass is 455 g/mol. The van der Waals surface area contributed by atoms with Crippen LogP contribution in [0, 0.1) is 31.6 Å². The number of rotatable bonds is 7. The van der Waals surface area contributed by atoms with Crippen molar-refractivity contribution in [3.63, 3.8) is 0 Å². The lowest BCUT2D eigenvalue weighted by Gasteiger charge is -2.25. The fourth-order valence-electron chi connectivity index (χ4n) is 5.47. The van der Waals surface area contributed by atoms with E-state index in [4.69, 9.17) is 4.98 Å². The van der Waals surface area contributed by atoms with Gasteiger partial charge < -0.3 is 15.4 Å². The predicted molar refractivity (Wildman–Crippen MR) is 132 cm³/mol. The van der Waals surface area contributed by atoms with E-state index >= 15 is 0 Å². The molecule has 4 N–H and O–H groups in total. The number of aromatic amines is 2. The van der Waals surface area contributed by atoms with E-state index in [0.717, 1.165) is 28.2 Å². The minimum atomic E-state index is -0.371. The van der Waals surface area contributed by atoms with E-state index in [-0.39, 0.29) is 23.5 Å². The molecule has 2 aromatic heterocycles. The zero-order valence-electron chi connectivity index (χ0n) is 19.4. The molecule has 0 radical (unpaired) electrons. The van der Waals surface area contributed by atoms with Gasteiger partial charge in [0.1, 0.15) is 17.1 Å². The quantitative estimate of drug-likeness (QED) is 0.298. The molecule has 4 aromatic rings. The van der Waals surface area contributed by atoms with E-state index in [2.05, 4.69) is 20.5 Å². The largest absolute Gasteiger partial charge is 0.506 e. The zero-order valence-corrected chi connectivity index (χ0v) is 19.4. The molecule has 2 aromatic carbocycles. The van der Waals surface area contributed by atoms with Crippen LogP contribution < -0.4 is 5.32 Å². The molecule has 1 unspecified atom stereocenters. The number of aromatic nitrogens is 4. The van der Waals surface area contributed by atoms with E-state index in [1.54, 1.807) is 12.1 Å². The minimum Gasteiger partial charge on any atom is -0.506 e. The van der Waals surface area contributed by atoms with Gasteiger partial charge in [-0.1, -0.05) is 18.2 Å². The number of nitrogens with zero attached hydrogens (tertiary/aromatic N) is 2. The van der Waals surface area contributed by atoms with Gasteiger partial charge in [0.2, 0.25) is 5.91 Å². The first-order chi connectivity index (χ1) is 16.5. The van der Waals surface area contributed by atoms with Gasteiger partial charge in [-0.2, -0.15) is 5.10 Å². The number of imidazole rings is 1. The molecule has 2 saturated carbocycles. The molecule has 174 valence electrons. The van der Waals surface area contributed by atoms with Crippen molar-refractivity contribution in [2.24, 2.45) is 17.8 Å².